The molecule has 0 bridgehead atoms. The summed E-state index contributed by atoms with van der Waals surface area (Å²) in [6.45, 7) is 2.09. The Morgan fingerprint density at radius 1 is 1.31 bits per heavy atom. The summed E-state index contributed by atoms with van der Waals surface area (Å²) in [4.78, 5) is 20.3. The Hall–Kier alpha value is -1.46. The van der Waals surface area contributed by atoms with Gasteiger partial charge in [-0.1, -0.05) is 6.92 Å². The van der Waals surface area contributed by atoms with Crippen molar-refractivity contribution in [1.29, 1.82) is 0 Å². The Kier molecular flexibility index (Phi) is 5.42. The van der Waals surface area contributed by atoms with Crippen LogP contribution in [0.4, 0.5) is 9.59 Å². The van der Waals surface area contributed by atoms with Crippen molar-refractivity contribution in [3.05, 3.63) is 0 Å². The molecule has 1 unspecified atom stereocenters. The van der Waals surface area contributed by atoms with E-state index in [4.69, 9.17) is 10.2 Å². The summed E-state index contributed by atoms with van der Waals surface area (Å²) in [7, 11) is 0. The second-order valence-electron chi connectivity index (χ2n) is 2.58. The molecule has 2 amide bonds. The number of amides is 2. The summed E-state index contributed by atoms with van der Waals surface area (Å²) in [6.07, 6.45) is -1.06. The van der Waals surface area contributed by atoms with Gasteiger partial charge in [-0.05, 0) is 12.8 Å². The zero-order valence-electron chi connectivity index (χ0n) is 7.41. The Labute approximate surface area is 75.9 Å². The number of carbonyl (C=O) groups is 2. The summed E-state index contributed by atoms with van der Waals surface area (Å²) in [5, 5.41) is 21.1. The predicted octanol–water partition coefficient (Wildman–Crippen LogP) is 0.690. The van der Waals surface area contributed by atoms with Gasteiger partial charge in [-0.2, -0.15) is 0 Å². The molecule has 0 saturated carbocycles. The number of hydrogen-bond acceptors (Lipinski definition) is 2. The minimum absolute atomic E-state index is 0.190. The zero-order valence-corrected chi connectivity index (χ0v) is 7.41. The van der Waals surface area contributed by atoms with Crippen LogP contribution < -0.4 is 10.6 Å². The SMILES string of the molecule is CCC(CCNC(=O)O)NC(=O)O. The highest BCUT2D eigenvalue weighted by atomic mass is 16.4. The van der Waals surface area contributed by atoms with Crippen LogP contribution in [0, 0.1) is 0 Å². The molecule has 0 aromatic heterocycles. The maximum atomic E-state index is 10.2. The Morgan fingerprint density at radius 3 is 2.31 bits per heavy atom. The number of carboxylic acid groups (broad SMARTS) is 2. The third-order valence-corrected chi connectivity index (χ3v) is 1.59. The molecule has 13 heavy (non-hydrogen) atoms. The molecule has 0 heterocycles. The fourth-order valence-electron chi connectivity index (χ4n) is 0.906. The van der Waals surface area contributed by atoms with E-state index < -0.39 is 12.2 Å². The fourth-order valence-corrected chi connectivity index (χ4v) is 0.906. The third kappa shape index (κ3) is 6.92. The minimum Gasteiger partial charge on any atom is -0.465 e. The molecule has 76 valence electrons. The monoisotopic (exact) mass is 190 g/mol. The molecular weight excluding hydrogens is 176 g/mol. The topological polar surface area (TPSA) is 98.7 Å². The van der Waals surface area contributed by atoms with Crippen molar-refractivity contribution < 1.29 is 19.8 Å². The van der Waals surface area contributed by atoms with Gasteiger partial charge >= 0.3 is 12.2 Å². The standard InChI is InChI=1S/C7H14N2O4/c1-2-5(9-7(12)13)3-4-8-6(10)11/h5,8-9H,2-4H2,1H3,(H,10,11)(H,12,13). The van der Waals surface area contributed by atoms with Gasteiger partial charge in [0.2, 0.25) is 0 Å². The molecular formula is C7H14N2O4. The predicted molar refractivity (Wildman–Crippen MR) is 45.9 cm³/mol. The van der Waals surface area contributed by atoms with Gasteiger partial charge in [0.05, 0.1) is 0 Å². The molecule has 6 nitrogen and oxygen atoms in total. The molecule has 0 rings (SSSR count). The molecule has 0 aliphatic carbocycles. The molecule has 4 N–H and O–H groups in total. The smallest absolute Gasteiger partial charge is 0.404 e. The van der Waals surface area contributed by atoms with Crippen molar-refractivity contribution in [2.24, 2.45) is 0 Å². The number of nitrogens with one attached hydrogen (secondary N) is 2. The highest BCUT2D eigenvalue weighted by molar-refractivity contribution is 5.65. The first kappa shape index (κ1) is 11.5. The van der Waals surface area contributed by atoms with Crippen LogP contribution in [0.15, 0.2) is 0 Å². The average molecular weight is 190 g/mol. The average Bonchev–Trinajstić information content (AvgIpc) is 2.01. The highest BCUT2D eigenvalue weighted by Crippen LogP contribution is 1.95. The first-order chi connectivity index (χ1) is 6.06. The van der Waals surface area contributed by atoms with E-state index in [1.807, 2.05) is 6.92 Å². The second kappa shape index (κ2) is 6.10. The minimum atomic E-state index is -1.09. The lowest BCUT2D eigenvalue weighted by Crippen LogP contribution is -2.36. The van der Waals surface area contributed by atoms with E-state index in [0.717, 1.165) is 0 Å². The van der Waals surface area contributed by atoms with Crippen molar-refractivity contribution >= 4 is 12.2 Å². The lowest BCUT2D eigenvalue weighted by Gasteiger charge is -2.13. The van der Waals surface area contributed by atoms with Crippen molar-refractivity contribution in [3.63, 3.8) is 0 Å². The summed E-state index contributed by atoms with van der Waals surface area (Å²) in [6, 6.07) is -0.190. The Balaban J connectivity index is 3.59. The molecule has 0 aromatic carbocycles. The fraction of sp³-hybridized carbons (Fsp3) is 0.714. The lowest BCUT2D eigenvalue weighted by atomic mass is 10.1. The van der Waals surface area contributed by atoms with Crippen LogP contribution in [-0.4, -0.2) is 35.0 Å². The molecule has 0 radical (unpaired) electrons. The van der Waals surface area contributed by atoms with Gasteiger partial charge in [0.1, 0.15) is 0 Å². The second-order valence-corrected chi connectivity index (χ2v) is 2.58. The van der Waals surface area contributed by atoms with Crippen molar-refractivity contribution in [1.82, 2.24) is 10.6 Å². The Morgan fingerprint density at radius 2 is 1.92 bits per heavy atom. The van der Waals surface area contributed by atoms with Crippen LogP contribution in [0.25, 0.3) is 0 Å². The number of rotatable bonds is 5. The largest absolute Gasteiger partial charge is 0.465 e. The van der Waals surface area contributed by atoms with E-state index in [1.165, 1.54) is 0 Å². The van der Waals surface area contributed by atoms with E-state index >= 15 is 0 Å². The van der Waals surface area contributed by atoms with Gasteiger partial charge in [0.25, 0.3) is 0 Å². The normalized spacial score (nSPS) is 11.8. The summed E-state index contributed by atoms with van der Waals surface area (Å²) in [5.74, 6) is 0. The Bertz CT molecular complexity index is 183. The van der Waals surface area contributed by atoms with Crippen LogP contribution in [0.1, 0.15) is 19.8 Å². The van der Waals surface area contributed by atoms with Crippen LogP contribution in [0.2, 0.25) is 0 Å². The number of hydrogen-bond donors (Lipinski definition) is 4. The molecule has 1 atom stereocenters. The van der Waals surface area contributed by atoms with Crippen LogP contribution in [0.5, 0.6) is 0 Å². The van der Waals surface area contributed by atoms with Crippen LogP contribution in [-0.2, 0) is 0 Å². The molecule has 0 saturated heterocycles. The molecule has 0 fully saturated rings. The van der Waals surface area contributed by atoms with Crippen LogP contribution in [0.3, 0.4) is 0 Å². The van der Waals surface area contributed by atoms with E-state index in [0.29, 0.717) is 12.8 Å². The summed E-state index contributed by atoms with van der Waals surface area (Å²) >= 11 is 0. The molecule has 0 spiro atoms. The van der Waals surface area contributed by atoms with E-state index in [2.05, 4.69) is 10.6 Å². The van der Waals surface area contributed by atoms with Gasteiger partial charge < -0.3 is 20.8 Å². The van der Waals surface area contributed by atoms with Gasteiger partial charge in [0.15, 0.2) is 0 Å². The quantitative estimate of drug-likeness (QED) is 0.512. The van der Waals surface area contributed by atoms with E-state index in [9.17, 15) is 9.59 Å². The maximum absolute atomic E-state index is 10.2. The molecule has 0 aromatic rings. The first-order valence-corrected chi connectivity index (χ1v) is 4.02. The maximum Gasteiger partial charge on any atom is 0.404 e. The van der Waals surface area contributed by atoms with E-state index in [-0.39, 0.29) is 12.6 Å². The van der Waals surface area contributed by atoms with E-state index in [1.54, 1.807) is 0 Å². The lowest BCUT2D eigenvalue weighted by molar-refractivity contribution is 0.187. The van der Waals surface area contributed by atoms with Crippen molar-refractivity contribution in [2.75, 3.05) is 6.54 Å². The van der Waals surface area contributed by atoms with Gasteiger partial charge in [-0.25, -0.2) is 9.59 Å². The zero-order chi connectivity index (χ0) is 10.3. The van der Waals surface area contributed by atoms with Crippen LogP contribution >= 0.6 is 0 Å². The van der Waals surface area contributed by atoms with Gasteiger partial charge in [-0.3, -0.25) is 0 Å². The third-order valence-electron chi connectivity index (χ3n) is 1.59. The first-order valence-electron chi connectivity index (χ1n) is 4.02. The van der Waals surface area contributed by atoms with Crippen molar-refractivity contribution in [3.8, 4) is 0 Å². The van der Waals surface area contributed by atoms with Gasteiger partial charge in [-0.15, -0.1) is 0 Å². The summed E-state index contributed by atoms with van der Waals surface area (Å²) in [5.41, 5.74) is 0. The van der Waals surface area contributed by atoms with Gasteiger partial charge in [0, 0.05) is 12.6 Å². The molecule has 0 aliphatic rings. The molecule has 0 aliphatic heterocycles. The highest BCUT2D eigenvalue weighted by Gasteiger charge is 2.08. The molecule has 6 heteroatoms. The summed E-state index contributed by atoms with van der Waals surface area (Å²) < 4.78 is 0. The van der Waals surface area contributed by atoms with Crippen molar-refractivity contribution in [2.45, 2.75) is 25.8 Å².